The molecule has 4 rings (SSSR count). The Morgan fingerprint density at radius 2 is 1.75 bits per heavy atom. The fourth-order valence-electron chi connectivity index (χ4n) is 2.87. The van der Waals surface area contributed by atoms with Gasteiger partial charge < -0.3 is 5.32 Å². The van der Waals surface area contributed by atoms with E-state index in [0.717, 1.165) is 24.2 Å². The van der Waals surface area contributed by atoms with Crippen molar-refractivity contribution in [2.45, 2.75) is 30.7 Å². The van der Waals surface area contributed by atoms with Crippen molar-refractivity contribution < 1.29 is 13.2 Å². The van der Waals surface area contributed by atoms with E-state index in [1.54, 1.807) is 16.8 Å². The number of sulfonamides is 1. The number of amides is 1. The highest BCUT2D eigenvalue weighted by molar-refractivity contribution is 7.89. The molecule has 0 saturated heterocycles. The number of hydrogen-bond donors (Lipinski definition) is 2. The molecule has 2 aromatic carbocycles. The summed E-state index contributed by atoms with van der Waals surface area (Å²) in [5, 5.41) is 7.08. The van der Waals surface area contributed by atoms with Crippen LogP contribution in [0.15, 0.2) is 65.7 Å². The van der Waals surface area contributed by atoms with E-state index in [0.29, 0.717) is 11.3 Å². The van der Waals surface area contributed by atoms with Crippen LogP contribution in [0.25, 0.3) is 5.69 Å². The van der Waals surface area contributed by atoms with E-state index in [4.69, 9.17) is 0 Å². The normalized spacial score (nSPS) is 14.0. The van der Waals surface area contributed by atoms with Gasteiger partial charge in [-0.1, -0.05) is 18.2 Å². The number of hydrogen-bond acceptors (Lipinski definition) is 4. The molecule has 1 heterocycles. The quantitative estimate of drug-likeness (QED) is 0.670. The molecule has 3 aromatic rings. The maximum absolute atomic E-state index is 12.6. The average Bonchev–Trinajstić information content (AvgIpc) is 3.40. The summed E-state index contributed by atoms with van der Waals surface area (Å²) in [7, 11) is -3.50. The molecule has 144 valence electrons. The van der Waals surface area contributed by atoms with Crippen molar-refractivity contribution in [1.29, 1.82) is 0 Å². The number of anilines is 1. The lowest BCUT2D eigenvalue weighted by atomic mass is 10.2. The molecule has 0 spiro atoms. The Morgan fingerprint density at radius 3 is 2.39 bits per heavy atom. The largest absolute Gasteiger partial charge is 0.322 e. The molecule has 1 saturated carbocycles. The van der Waals surface area contributed by atoms with Crippen molar-refractivity contribution in [2.24, 2.45) is 0 Å². The molecule has 1 aliphatic carbocycles. The maximum atomic E-state index is 12.6. The molecule has 1 aliphatic rings. The lowest BCUT2D eigenvalue weighted by molar-refractivity contribution is 0.102. The molecule has 28 heavy (non-hydrogen) atoms. The minimum absolute atomic E-state index is 0.0495. The molecule has 2 N–H and O–H groups in total. The van der Waals surface area contributed by atoms with E-state index in [9.17, 15) is 13.2 Å². The SMILES string of the molecule is Cc1c(C(=O)Nc2ccc(S(=O)(=O)NC3CC3)cc2)cnn1-c1ccccc1. The molecular formula is C20H20N4O3S. The smallest absolute Gasteiger partial charge is 0.259 e. The fourth-order valence-corrected chi connectivity index (χ4v) is 4.17. The Bertz CT molecular complexity index is 1100. The van der Waals surface area contributed by atoms with E-state index < -0.39 is 10.0 Å². The lowest BCUT2D eigenvalue weighted by Gasteiger charge is -2.08. The average molecular weight is 396 g/mol. The number of benzene rings is 2. The van der Waals surface area contributed by atoms with Crippen LogP contribution >= 0.6 is 0 Å². The van der Waals surface area contributed by atoms with Gasteiger partial charge >= 0.3 is 0 Å². The van der Waals surface area contributed by atoms with Gasteiger partial charge in [0.2, 0.25) is 10.0 Å². The van der Waals surface area contributed by atoms with Crippen molar-refractivity contribution in [3.05, 3.63) is 72.1 Å². The third kappa shape index (κ3) is 3.83. The first-order valence-electron chi connectivity index (χ1n) is 8.98. The van der Waals surface area contributed by atoms with Gasteiger partial charge in [0.1, 0.15) is 0 Å². The molecular weight excluding hydrogens is 376 g/mol. The van der Waals surface area contributed by atoms with Gasteiger partial charge in [0.15, 0.2) is 0 Å². The summed E-state index contributed by atoms with van der Waals surface area (Å²) < 4.78 is 28.8. The molecule has 1 aromatic heterocycles. The van der Waals surface area contributed by atoms with Crippen LogP contribution in [0.5, 0.6) is 0 Å². The first-order chi connectivity index (χ1) is 13.4. The Balaban J connectivity index is 1.49. The Kier molecular flexibility index (Phi) is 4.74. The van der Waals surface area contributed by atoms with E-state index in [2.05, 4.69) is 15.1 Å². The molecule has 0 aliphatic heterocycles. The topological polar surface area (TPSA) is 93.1 Å². The van der Waals surface area contributed by atoms with Gasteiger partial charge in [-0.15, -0.1) is 0 Å². The molecule has 1 fully saturated rings. The second kappa shape index (κ2) is 7.21. The van der Waals surface area contributed by atoms with Crippen LogP contribution in [0, 0.1) is 6.92 Å². The molecule has 8 heteroatoms. The monoisotopic (exact) mass is 396 g/mol. The molecule has 1 amide bonds. The summed E-state index contributed by atoms with van der Waals surface area (Å²) in [4.78, 5) is 12.8. The summed E-state index contributed by atoms with van der Waals surface area (Å²) in [6.45, 7) is 1.83. The first kappa shape index (κ1) is 18.4. The third-order valence-electron chi connectivity index (χ3n) is 4.58. The van der Waals surface area contributed by atoms with Crippen LogP contribution in [0.3, 0.4) is 0 Å². The highest BCUT2D eigenvalue weighted by atomic mass is 32.2. The van der Waals surface area contributed by atoms with Gasteiger partial charge in [-0.25, -0.2) is 17.8 Å². The number of aromatic nitrogens is 2. The Hall–Kier alpha value is -2.97. The molecule has 0 bridgehead atoms. The van der Waals surface area contributed by atoms with Crippen molar-refractivity contribution in [3.63, 3.8) is 0 Å². The highest BCUT2D eigenvalue weighted by Gasteiger charge is 2.27. The lowest BCUT2D eigenvalue weighted by Crippen LogP contribution is -2.25. The predicted octanol–water partition coefficient (Wildman–Crippen LogP) is 2.87. The maximum Gasteiger partial charge on any atom is 0.259 e. The van der Waals surface area contributed by atoms with Crippen LogP contribution in [-0.2, 0) is 10.0 Å². The van der Waals surface area contributed by atoms with Crippen LogP contribution < -0.4 is 10.0 Å². The van der Waals surface area contributed by atoms with Crippen LogP contribution in [-0.4, -0.2) is 30.1 Å². The fraction of sp³-hybridized carbons (Fsp3) is 0.200. The van der Waals surface area contributed by atoms with E-state index in [-0.39, 0.29) is 16.8 Å². The molecule has 0 atom stereocenters. The van der Waals surface area contributed by atoms with Crippen molar-refractivity contribution in [3.8, 4) is 5.69 Å². The zero-order chi connectivity index (χ0) is 19.7. The Labute approximate surface area is 163 Å². The minimum atomic E-state index is -3.50. The third-order valence-corrected chi connectivity index (χ3v) is 6.11. The number of nitrogens with zero attached hydrogens (tertiary/aromatic N) is 2. The number of rotatable bonds is 6. The number of nitrogens with one attached hydrogen (secondary N) is 2. The van der Waals surface area contributed by atoms with E-state index in [1.807, 2.05) is 37.3 Å². The standard InChI is InChI=1S/C20H20N4O3S/c1-14-19(13-21-24(14)17-5-3-2-4-6-17)20(25)22-15-9-11-18(12-10-15)28(26,27)23-16-7-8-16/h2-6,9-13,16,23H,7-8H2,1H3,(H,22,25). The summed E-state index contributed by atoms with van der Waals surface area (Å²) in [6, 6.07) is 15.7. The van der Waals surface area contributed by atoms with Gasteiger partial charge in [-0.2, -0.15) is 5.10 Å². The second-order valence-electron chi connectivity index (χ2n) is 6.77. The second-order valence-corrected chi connectivity index (χ2v) is 8.48. The van der Waals surface area contributed by atoms with Crippen LogP contribution in [0.4, 0.5) is 5.69 Å². The van der Waals surface area contributed by atoms with Gasteiger partial charge in [-0.05, 0) is 56.2 Å². The molecule has 0 radical (unpaired) electrons. The number of para-hydroxylation sites is 1. The minimum Gasteiger partial charge on any atom is -0.322 e. The van der Waals surface area contributed by atoms with Crippen molar-refractivity contribution >= 4 is 21.6 Å². The summed E-state index contributed by atoms with van der Waals surface area (Å²) >= 11 is 0. The first-order valence-corrected chi connectivity index (χ1v) is 10.5. The van der Waals surface area contributed by atoms with Crippen LogP contribution in [0.2, 0.25) is 0 Å². The summed E-state index contributed by atoms with van der Waals surface area (Å²) in [5.74, 6) is -0.300. The van der Waals surface area contributed by atoms with Crippen LogP contribution in [0.1, 0.15) is 28.9 Å². The van der Waals surface area contributed by atoms with E-state index in [1.165, 1.54) is 18.3 Å². The summed E-state index contributed by atoms with van der Waals surface area (Å²) in [6.07, 6.45) is 3.28. The predicted molar refractivity (Wildman–Crippen MR) is 106 cm³/mol. The number of carbonyl (C=O) groups excluding carboxylic acids is 1. The van der Waals surface area contributed by atoms with Gasteiger partial charge in [0, 0.05) is 11.7 Å². The zero-order valence-electron chi connectivity index (χ0n) is 15.3. The van der Waals surface area contributed by atoms with E-state index >= 15 is 0 Å². The van der Waals surface area contributed by atoms with Crippen molar-refractivity contribution in [1.82, 2.24) is 14.5 Å². The molecule has 7 nitrogen and oxygen atoms in total. The molecule has 0 unspecified atom stereocenters. The van der Waals surface area contributed by atoms with Gasteiger partial charge in [0.05, 0.1) is 28.0 Å². The van der Waals surface area contributed by atoms with Gasteiger partial charge in [-0.3, -0.25) is 4.79 Å². The highest BCUT2D eigenvalue weighted by Crippen LogP contribution is 2.23. The van der Waals surface area contributed by atoms with Gasteiger partial charge in [0.25, 0.3) is 5.91 Å². The Morgan fingerprint density at radius 1 is 1.07 bits per heavy atom. The van der Waals surface area contributed by atoms with Crippen molar-refractivity contribution in [2.75, 3.05) is 5.32 Å². The number of carbonyl (C=O) groups is 1. The zero-order valence-corrected chi connectivity index (χ0v) is 16.1. The summed E-state index contributed by atoms with van der Waals surface area (Å²) in [5.41, 5.74) is 2.56.